The zero-order valence-electron chi connectivity index (χ0n) is 13.2. The van der Waals surface area contributed by atoms with Gasteiger partial charge in [0, 0.05) is 50.4 Å². The van der Waals surface area contributed by atoms with Crippen LogP contribution in [-0.2, 0) is 17.8 Å². The second-order valence-electron chi connectivity index (χ2n) is 5.98. The van der Waals surface area contributed by atoms with Gasteiger partial charge in [0.1, 0.15) is 6.54 Å². The van der Waals surface area contributed by atoms with Gasteiger partial charge in [-0.05, 0) is 6.92 Å². The van der Waals surface area contributed by atoms with Crippen LogP contribution in [0.5, 0.6) is 0 Å². The van der Waals surface area contributed by atoms with Crippen LogP contribution in [0.3, 0.4) is 0 Å². The molecule has 1 aliphatic rings. The molecule has 2 heterocycles. The molecule has 0 aromatic carbocycles. The predicted octanol–water partition coefficient (Wildman–Crippen LogP) is 0.118. The number of halogens is 3. The highest BCUT2D eigenvalue weighted by Crippen LogP contribution is 2.24. The number of nitrogens with one attached hydrogen (secondary N) is 2. The minimum Gasteiger partial charge on any atom is -0.388 e. The average Bonchev–Trinajstić information content (AvgIpc) is 2.48. The normalized spacial score (nSPS) is 19.2. The molecular weight excluding hydrogens is 331 g/mol. The van der Waals surface area contributed by atoms with Crippen molar-refractivity contribution < 1.29 is 23.0 Å². The number of hydrogen-bond donors (Lipinski definition) is 3. The van der Waals surface area contributed by atoms with E-state index in [-0.39, 0.29) is 12.1 Å². The minimum absolute atomic E-state index is 0.0126. The molecule has 0 saturated carbocycles. The molecule has 1 aliphatic heterocycles. The number of H-pyrrole nitrogens is 1. The van der Waals surface area contributed by atoms with E-state index in [0.717, 1.165) is 6.20 Å². The Balaban J connectivity index is 2.10. The lowest BCUT2D eigenvalue weighted by Crippen LogP contribution is -2.52. The average molecular weight is 351 g/mol. The van der Waals surface area contributed by atoms with Gasteiger partial charge in [-0.25, -0.2) is 4.79 Å². The third-order valence-corrected chi connectivity index (χ3v) is 4.20. The van der Waals surface area contributed by atoms with Crippen molar-refractivity contribution in [3.63, 3.8) is 0 Å². The zero-order chi connectivity index (χ0) is 18.0. The number of nitrogens with zero attached hydrogens (tertiary/aromatic N) is 1. The van der Waals surface area contributed by atoms with Crippen molar-refractivity contribution in [1.82, 2.24) is 14.9 Å². The van der Waals surface area contributed by atoms with Gasteiger partial charge in [-0.2, -0.15) is 13.2 Å². The Bertz CT molecular complexity index is 677. The van der Waals surface area contributed by atoms with E-state index < -0.39 is 35.6 Å². The molecule has 3 N–H and O–H groups in total. The summed E-state index contributed by atoms with van der Waals surface area (Å²) >= 11 is 0. The summed E-state index contributed by atoms with van der Waals surface area (Å²) in [6.45, 7) is 1.01. The Morgan fingerprint density at radius 1 is 1.42 bits per heavy atom. The van der Waals surface area contributed by atoms with Crippen LogP contribution in [0, 0.1) is 0 Å². The maximum absolute atomic E-state index is 12.4. The molecule has 0 radical (unpaired) electrons. The highest BCUT2D eigenvalue weighted by molar-refractivity contribution is 5.05. The van der Waals surface area contributed by atoms with Gasteiger partial charge in [-0.3, -0.25) is 14.3 Å². The minimum atomic E-state index is -4.57. The van der Waals surface area contributed by atoms with Crippen molar-refractivity contribution in [3.05, 3.63) is 32.6 Å². The summed E-state index contributed by atoms with van der Waals surface area (Å²) in [5, 5.41) is 13.4. The van der Waals surface area contributed by atoms with E-state index in [2.05, 4.69) is 5.32 Å². The number of aliphatic hydroxyl groups is 1. The molecule has 7 nitrogen and oxygen atoms in total. The van der Waals surface area contributed by atoms with Crippen LogP contribution >= 0.6 is 0 Å². The molecule has 0 aliphatic carbocycles. The summed E-state index contributed by atoms with van der Waals surface area (Å²) in [6, 6.07) is -0.399. The van der Waals surface area contributed by atoms with Gasteiger partial charge in [0.15, 0.2) is 0 Å². The van der Waals surface area contributed by atoms with Gasteiger partial charge >= 0.3 is 11.9 Å². The van der Waals surface area contributed by atoms with Gasteiger partial charge < -0.3 is 15.2 Å². The van der Waals surface area contributed by atoms with Gasteiger partial charge in [-0.15, -0.1) is 0 Å². The SMILES string of the molecule is CC(NCc1cn(CC(F)(F)F)c(=O)[nH]c1=O)C1(O)CCOCC1. The number of aromatic nitrogens is 2. The molecule has 1 saturated heterocycles. The molecule has 2 rings (SSSR count). The standard InChI is InChI=1S/C14H20F3N3O4/c1-9(13(23)2-4-24-5-3-13)18-6-10-7-20(8-14(15,16)17)12(22)19-11(10)21/h7,9,18,23H,2-6,8H2,1H3,(H,19,21,22). The van der Waals surface area contributed by atoms with Crippen molar-refractivity contribution in [2.75, 3.05) is 13.2 Å². The first-order valence-corrected chi connectivity index (χ1v) is 7.54. The fourth-order valence-electron chi connectivity index (χ4n) is 2.60. The smallest absolute Gasteiger partial charge is 0.388 e. The Labute approximate surface area is 135 Å². The first kappa shape index (κ1) is 18.7. The predicted molar refractivity (Wildman–Crippen MR) is 78.7 cm³/mol. The van der Waals surface area contributed by atoms with Crippen molar-refractivity contribution in [1.29, 1.82) is 0 Å². The van der Waals surface area contributed by atoms with Gasteiger partial charge in [0.25, 0.3) is 5.56 Å². The van der Waals surface area contributed by atoms with E-state index >= 15 is 0 Å². The monoisotopic (exact) mass is 351 g/mol. The van der Waals surface area contributed by atoms with Crippen LogP contribution in [0.2, 0.25) is 0 Å². The van der Waals surface area contributed by atoms with Crippen LogP contribution in [0.25, 0.3) is 0 Å². The number of hydrogen-bond acceptors (Lipinski definition) is 5. The number of rotatable bonds is 5. The quantitative estimate of drug-likeness (QED) is 0.700. The molecule has 10 heteroatoms. The van der Waals surface area contributed by atoms with Crippen LogP contribution in [0.1, 0.15) is 25.3 Å². The molecule has 0 spiro atoms. The summed E-state index contributed by atoms with van der Waals surface area (Å²) < 4.78 is 42.9. The van der Waals surface area contributed by atoms with Gasteiger partial charge in [0.2, 0.25) is 0 Å². The van der Waals surface area contributed by atoms with E-state index in [9.17, 15) is 27.9 Å². The summed E-state index contributed by atoms with van der Waals surface area (Å²) in [5.41, 5.74) is -2.89. The van der Waals surface area contributed by atoms with E-state index in [4.69, 9.17) is 4.74 Å². The highest BCUT2D eigenvalue weighted by atomic mass is 19.4. The number of aromatic amines is 1. The molecule has 1 aromatic rings. The van der Waals surface area contributed by atoms with E-state index in [0.29, 0.717) is 30.6 Å². The lowest BCUT2D eigenvalue weighted by molar-refractivity contribution is -0.141. The highest BCUT2D eigenvalue weighted by Gasteiger charge is 2.35. The maximum Gasteiger partial charge on any atom is 0.406 e. The van der Waals surface area contributed by atoms with Crippen molar-refractivity contribution in [3.8, 4) is 0 Å². The fourth-order valence-corrected chi connectivity index (χ4v) is 2.60. The summed E-state index contributed by atoms with van der Waals surface area (Å²) in [7, 11) is 0. The molecule has 1 unspecified atom stereocenters. The number of ether oxygens (including phenoxy) is 1. The van der Waals surface area contributed by atoms with Crippen LogP contribution < -0.4 is 16.6 Å². The molecule has 24 heavy (non-hydrogen) atoms. The largest absolute Gasteiger partial charge is 0.406 e. The lowest BCUT2D eigenvalue weighted by Gasteiger charge is -2.37. The molecule has 1 atom stereocenters. The van der Waals surface area contributed by atoms with Crippen LogP contribution in [-0.4, -0.2) is 45.7 Å². The summed E-state index contributed by atoms with van der Waals surface area (Å²) in [6.07, 6.45) is -2.84. The molecule has 136 valence electrons. The van der Waals surface area contributed by atoms with Crippen LogP contribution in [0.15, 0.2) is 15.8 Å². The van der Waals surface area contributed by atoms with E-state index in [1.54, 1.807) is 6.92 Å². The van der Waals surface area contributed by atoms with E-state index in [1.807, 2.05) is 4.98 Å². The summed E-state index contributed by atoms with van der Waals surface area (Å²) in [4.78, 5) is 25.1. The molecule has 0 bridgehead atoms. The summed E-state index contributed by atoms with van der Waals surface area (Å²) in [5.74, 6) is 0. The first-order chi connectivity index (χ1) is 11.1. The van der Waals surface area contributed by atoms with E-state index in [1.165, 1.54) is 0 Å². The molecule has 0 amide bonds. The maximum atomic E-state index is 12.4. The molecule has 1 fully saturated rings. The molecular formula is C14H20F3N3O4. The second-order valence-corrected chi connectivity index (χ2v) is 5.98. The van der Waals surface area contributed by atoms with Crippen molar-refractivity contribution >= 4 is 0 Å². The van der Waals surface area contributed by atoms with Gasteiger partial charge in [-0.1, -0.05) is 0 Å². The second kappa shape index (κ2) is 7.08. The van der Waals surface area contributed by atoms with Crippen molar-refractivity contribution in [2.24, 2.45) is 0 Å². The third-order valence-electron chi connectivity index (χ3n) is 4.20. The van der Waals surface area contributed by atoms with Crippen molar-refractivity contribution in [2.45, 2.75) is 50.7 Å². The number of alkyl halides is 3. The Kier molecular flexibility index (Phi) is 5.51. The third kappa shape index (κ3) is 4.68. The Hall–Kier alpha value is -1.65. The Morgan fingerprint density at radius 2 is 2.04 bits per heavy atom. The zero-order valence-corrected chi connectivity index (χ0v) is 13.2. The first-order valence-electron chi connectivity index (χ1n) is 7.54. The Morgan fingerprint density at radius 3 is 2.62 bits per heavy atom. The fraction of sp³-hybridized carbons (Fsp3) is 0.714. The molecule has 1 aromatic heterocycles. The topological polar surface area (TPSA) is 96.4 Å². The lowest BCUT2D eigenvalue weighted by atomic mass is 9.87. The van der Waals surface area contributed by atoms with Gasteiger partial charge in [0.05, 0.1) is 5.60 Å². The van der Waals surface area contributed by atoms with Crippen LogP contribution in [0.4, 0.5) is 13.2 Å².